The second-order valence-electron chi connectivity index (χ2n) is 5.76. The predicted octanol–water partition coefficient (Wildman–Crippen LogP) is 2.37. The molecule has 1 aromatic heterocycles. The number of benzene rings is 1. The molecule has 1 aliphatic heterocycles. The van der Waals surface area contributed by atoms with E-state index in [0.717, 1.165) is 42.2 Å². The number of hydrogen-bond acceptors (Lipinski definition) is 5. The summed E-state index contributed by atoms with van der Waals surface area (Å²) >= 11 is 0. The predicted molar refractivity (Wildman–Crippen MR) is 88.4 cm³/mol. The maximum Gasteiger partial charge on any atom is 0.222 e. The topological polar surface area (TPSA) is 64.3 Å². The summed E-state index contributed by atoms with van der Waals surface area (Å²) in [6, 6.07) is 8.21. The number of anilines is 2. The van der Waals surface area contributed by atoms with Gasteiger partial charge in [-0.15, -0.1) is 0 Å². The smallest absolute Gasteiger partial charge is 0.222 e. The number of aromatic nitrogens is 2. The van der Waals surface area contributed by atoms with Crippen LogP contribution in [0.15, 0.2) is 24.3 Å². The Labute approximate surface area is 131 Å². The van der Waals surface area contributed by atoms with E-state index >= 15 is 0 Å². The number of nitrogens with zero attached hydrogens (tertiary/aromatic N) is 3. The van der Waals surface area contributed by atoms with Gasteiger partial charge in [-0.25, -0.2) is 4.98 Å². The highest BCUT2D eigenvalue weighted by atomic mass is 16.5. The third-order valence-electron chi connectivity index (χ3n) is 4.13. The number of fused-ring (bicyclic) bond motifs is 1. The number of nitrogen functional groups attached to an aromatic ring is 1. The van der Waals surface area contributed by atoms with Gasteiger partial charge in [-0.1, -0.05) is 25.1 Å². The molecule has 22 heavy (non-hydrogen) atoms. The van der Waals surface area contributed by atoms with Gasteiger partial charge in [-0.05, 0) is 25.0 Å². The van der Waals surface area contributed by atoms with Crippen molar-refractivity contribution in [1.82, 2.24) is 9.97 Å². The zero-order valence-electron chi connectivity index (χ0n) is 13.3. The average molecular weight is 298 g/mol. The van der Waals surface area contributed by atoms with Crippen LogP contribution in [0.4, 0.5) is 11.8 Å². The van der Waals surface area contributed by atoms with Crippen LogP contribution in [0, 0.1) is 6.92 Å². The summed E-state index contributed by atoms with van der Waals surface area (Å²) in [6.07, 6.45) is 1.92. The summed E-state index contributed by atoms with van der Waals surface area (Å²) in [5, 5.41) is 0. The molecule has 0 saturated carbocycles. The zero-order chi connectivity index (χ0) is 15.7. The molecule has 1 unspecified atom stereocenters. The number of ether oxygens (including phenoxy) is 1. The Morgan fingerprint density at radius 2 is 2.09 bits per heavy atom. The van der Waals surface area contributed by atoms with E-state index in [1.54, 1.807) is 0 Å². The lowest BCUT2D eigenvalue weighted by atomic mass is 10.1. The monoisotopic (exact) mass is 298 g/mol. The van der Waals surface area contributed by atoms with Gasteiger partial charge in [0, 0.05) is 19.0 Å². The Morgan fingerprint density at radius 1 is 1.32 bits per heavy atom. The van der Waals surface area contributed by atoms with Crippen molar-refractivity contribution in [3.05, 3.63) is 41.1 Å². The molecule has 5 heteroatoms. The molecular formula is C17H22N4O. The van der Waals surface area contributed by atoms with E-state index in [1.807, 2.05) is 26.1 Å². The molecule has 0 bridgehead atoms. The minimum absolute atomic E-state index is 0.142. The van der Waals surface area contributed by atoms with E-state index in [0.29, 0.717) is 5.95 Å². The van der Waals surface area contributed by atoms with E-state index in [2.05, 4.69) is 33.9 Å². The lowest BCUT2D eigenvalue weighted by Crippen LogP contribution is -2.33. The highest BCUT2D eigenvalue weighted by Gasteiger charge is 2.24. The molecule has 1 atom stereocenters. The quantitative estimate of drug-likeness (QED) is 0.939. The molecule has 0 radical (unpaired) electrons. The van der Waals surface area contributed by atoms with Crippen molar-refractivity contribution in [2.45, 2.75) is 32.8 Å². The van der Waals surface area contributed by atoms with E-state index in [1.165, 1.54) is 5.56 Å². The second kappa shape index (κ2) is 5.83. The first-order valence-electron chi connectivity index (χ1n) is 7.67. The second-order valence-corrected chi connectivity index (χ2v) is 5.76. The molecule has 0 aliphatic carbocycles. The number of likely N-dealkylation sites (N-methyl/N-ethyl adjacent to an activating group) is 1. The Bertz CT molecular complexity index is 661. The van der Waals surface area contributed by atoms with Gasteiger partial charge in [0.15, 0.2) is 0 Å². The van der Waals surface area contributed by atoms with E-state index in [4.69, 9.17) is 10.5 Å². The highest BCUT2D eigenvalue weighted by Crippen LogP contribution is 2.29. The molecule has 2 N–H and O–H groups in total. The Morgan fingerprint density at radius 3 is 2.82 bits per heavy atom. The van der Waals surface area contributed by atoms with Crippen molar-refractivity contribution >= 4 is 11.8 Å². The Kier molecular flexibility index (Phi) is 3.88. The molecule has 116 valence electrons. The SMILES string of the molecule is CCc1nc(N)nc(N(C)CC2Cc3ccccc3O2)c1C. The minimum atomic E-state index is 0.142. The standard InChI is InChI=1S/C17H22N4O/c1-4-14-11(2)16(20-17(18)19-14)21(3)10-13-9-12-7-5-6-8-15(12)22-13/h5-8,13H,4,9-10H2,1-3H3,(H2,18,19,20). The fraction of sp³-hybridized carbons (Fsp3) is 0.412. The molecule has 0 saturated heterocycles. The van der Waals surface area contributed by atoms with Gasteiger partial charge in [-0.3, -0.25) is 0 Å². The lowest BCUT2D eigenvalue weighted by molar-refractivity contribution is 0.239. The summed E-state index contributed by atoms with van der Waals surface area (Å²) < 4.78 is 6.01. The van der Waals surface area contributed by atoms with Crippen LogP contribution in [0.5, 0.6) is 5.75 Å². The third kappa shape index (κ3) is 2.71. The van der Waals surface area contributed by atoms with Gasteiger partial charge in [0.2, 0.25) is 5.95 Å². The maximum absolute atomic E-state index is 6.01. The van der Waals surface area contributed by atoms with Crippen molar-refractivity contribution in [1.29, 1.82) is 0 Å². The number of nitrogens with two attached hydrogens (primary N) is 1. The van der Waals surface area contributed by atoms with Crippen LogP contribution in [0.3, 0.4) is 0 Å². The van der Waals surface area contributed by atoms with Gasteiger partial charge in [0.25, 0.3) is 0 Å². The van der Waals surface area contributed by atoms with Crippen molar-refractivity contribution < 1.29 is 4.74 Å². The maximum atomic E-state index is 6.01. The average Bonchev–Trinajstić information content (AvgIpc) is 2.91. The van der Waals surface area contributed by atoms with Crippen LogP contribution in [0.1, 0.15) is 23.7 Å². The summed E-state index contributed by atoms with van der Waals surface area (Å²) in [7, 11) is 2.03. The van der Waals surface area contributed by atoms with Crippen LogP contribution < -0.4 is 15.4 Å². The van der Waals surface area contributed by atoms with Gasteiger partial charge in [0.1, 0.15) is 17.7 Å². The summed E-state index contributed by atoms with van der Waals surface area (Å²) in [5.41, 5.74) is 9.21. The number of rotatable bonds is 4. The Hall–Kier alpha value is -2.30. The van der Waals surface area contributed by atoms with Gasteiger partial charge in [0.05, 0.1) is 12.2 Å². The number of aryl methyl sites for hydroxylation is 1. The molecule has 0 fully saturated rings. The molecule has 0 amide bonds. The van der Waals surface area contributed by atoms with Crippen LogP contribution in [-0.4, -0.2) is 29.7 Å². The molecule has 1 aromatic carbocycles. The summed E-state index contributed by atoms with van der Waals surface area (Å²) in [5.74, 6) is 2.22. The lowest BCUT2D eigenvalue weighted by Gasteiger charge is -2.24. The first-order valence-corrected chi connectivity index (χ1v) is 7.67. The molecule has 2 heterocycles. The first kappa shape index (κ1) is 14.6. The third-order valence-corrected chi connectivity index (χ3v) is 4.13. The highest BCUT2D eigenvalue weighted by molar-refractivity contribution is 5.51. The van der Waals surface area contributed by atoms with Crippen molar-refractivity contribution in [3.8, 4) is 5.75 Å². The van der Waals surface area contributed by atoms with E-state index in [-0.39, 0.29) is 6.10 Å². The van der Waals surface area contributed by atoms with Gasteiger partial charge < -0.3 is 15.4 Å². The fourth-order valence-electron chi connectivity index (χ4n) is 3.03. The van der Waals surface area contributed by atoms with Crippen LogP contribution in [0.2, 0.25) is 0 Å². The normalized spacial score (nSPS) is 16.2. The fourth-order valence-corrected chi connectivity index (χ4v) is 3.03. The first-order chi connectivity index (χ1) is 10.6. The minimum Gasteiger partial charge on any atom is -0.488 e. The molecule has 3 rings (SSSR count). The van der Waals surface area contributed by atoms with Crippen molar-refractivity contribution in [2.75, 3.05) is 24.2 Å². The van der Waals surface area contributed by atoms with Crippen molar-refractivity contribution in [2.24, 2.45) is 0 Å². The van der Waals surface area contributed by atoms with Crippen LogP contribution in [-0.2, 0) is 12.8 Å². The van der Waals surface area contributed by atoms with E-state index in [9.17, 15) is 0 Å². The molecule has 0 spiro atoms. The van der Waals surface area contributed by atoms with Crippen LogP contribution >= 0.6 is 0 Å². The van der Waals surface area contributed by atoms with Crippen LogP contribution in [0.25, 0.3) is 0 Å². The van der Waals surface area contributed by atoms with Gasteiger partial charge in [-0.2, -0.15) is 4.98 Å². The molecule has 5 nitrogen and oxygen atoms in total. The largest absolute Gasteiger partial charge is 0.488 e. The van der Waals surface area contributed by atoms with E-state index < -0.39 is 0 Å². The number of para-hydroxylation sites is 1. The Balaban J connectivity index is 1.76. The van der Waals surface area contributed by atoms with Crippen molar-refractivity contribution in [3.63, 3.8) is 0 Å². The zero-order valence-corrected chi connectivity index (χ0v) is 13.3. The molecule has 1 aliphatic rings. The van der Waals surface area contributed by atoms with Gasteiger partial charge >= 0.3 is 0 Å². The summed E-state index contributed by atoms with van der Waals surface area (Å²) in [4.78, 5) is 10.8. The summed E-state index contributed by atoms with van der Waals surface area (Å²) in [6.45, 7) is 4.90. The molecular weight excluding hydrogens is 276 g/mol. The molecule has 2 aromatic rings. The number of hydrogen-bond donors (Lipinski definition) is 1.